The number of hydrogen-bond donors (Lipinski definition) is 3. The number of carbonyl (C=O) groups excluding carboxylic acids is 1. The van der Waals surface area contributed by atoms with Crippen LogP contribution in [-0.2, 0) is 11.2 Å². The van der Waals surface area contributed by atoms with Crippen molar-refractivity contribution in [2.45, 2.75) is 39.7 Å². The van der Waals surface area contributed by atoms with E-state index in [0.717, 1.165) is 0 Å². The average molecular weight is 255 g/mol. The van der Waals surface area contributed by atoms with Crippen LogP contribution in [0.2, 0.25) is 0 Å². The number of amides is 1. The van der Waals surface area contributed by atoms with Crippen molar-refractivity contribution in [2.75, 3.05) is 5.32 Å². The molecule has 18 heavy (non-hydrogen) atoms. The van der Waals surface area contributed by atoms with Crippen molar-refractivity contribution < 1.29 is 19.4 Å². The summed E-state index contributed by atoms with van der Waals surface area (Å²) in [4.78, 5) is 28.7. The number of ether oxygens (including phenoxy) is 1. The van der Waals surface area contributed by atoms with Gasteiger partial charge in [-0.25, -0.2) is 14.6 Å². The lowest BCUT2D eigenvalue weighted by Gasteiger charge is -2.19. The first kappa shape index (κ1) is 14.0. The van der Waals surface area contributed by atoms with Gasteiger partial charge >= 0.3 is 12.1 Å². The molecule has 3 N–H and O–H groups in total. The number of aromatic carboxylic acids is 1. The van der Waals surface area contributed by atoms with E-state index in [1.807, 2.05) is 6.92 Å². The predicted molar refractivity (Wildman–Crippen MR) is 64.8 cm³/mol. The van der Waals surface area contributed by atoms with E-state index < -0.39 is 17.7 Å². The third-order valence-corrected chi connectivity index (χ3v) is 1.95. The van der Waals surface area contributed by atoms with Gasteiger partial charge in [0.1, 0.15) is 5.60 Å². The molecular formula is C11H17N3O4. The molecule has 0 saturated carbocycles. The number of carbonyl (C=O) groups is 2. The maximum absolute atomic E-state index is 11.5. The summed E-state index contributed by atoms with van der Waals surface area (Å²) >= 11 is 0. The molecule has 0 fully saturated rings. The number of H-pyrrole nitrogens is 1. The molecule has 0 unspecified atom stereocenters. The summed E-state index contributed by atoms with van der Waals surface area (Å²) in [6.45, 7) is 7.03. The highest BCUT2D eigenvalue weighted by atomic mass is 16.6. The van der Waals surface area contributed by atoms with Gasteiger partial charge in [-0.1, -0.05) is 6.92 Å². The quantitative estimate of drug-likeness (QED) is 0.766. The van der Waals surface area contributed by atoms with E-state index in [1.165, 1.54) is 0 Å². The highest BCUT2D eigenvalue weighted by Crippen LogP contribution is 2.15. The third-order valence-electron chi connectivity index (χ3n) is 1.95. The first-order valence-corrected chi connectivity index (χ1v) is 5.55. The largest absolute Gasteiger partial charge is 0.475 e. The van der Waals surface area contributed by atoms with E-state index in [4.69, 9.17) is 9.84 Å². The molecule has 0 aromatic carbocycles. The number of nitrogens with one attached hydrogen (secondary N) is 2. The van der Waals surface area contributed by atoms with Gasteiger partial charge in [0, 0.05) is 0 Å². The van der Waals surface area contributed by atoms with Crippen molar-refractivity contribution in [3.05, 3.63) is 11.5 Å². The van der Waals surface area contributed by atoms with E-state index in [9.17, 15) is 9.59 Å². The number of carboxylic acid groups (broad SMARTS) is 1. The number of anilines is 1. The molecular weight excluding hydrogens is 238 g/mol. The number of aromatic amines is 1. The number of aryl methyl sites for hydroxylation is 1. The highest BCUT2D eigenvalue weighted by Gasteiger charge is 2.20. The number of nitrogens with zero attached hydrogens (tertiary/aromatic N) is 1. The van der Waals surface area contributed by atoms with Crippen molar-refractivity contribution in [1.29, 1.82) is 0 Å². The molecule has 1 heterocycles. The lowest BCUT2D eigenvalue weighted by atomic mass is 10.2. The molecule has 1 rings (SSSR count). The number of carboxylic acids is 1. The molecule has 1 aromatic rings. The van der Waals surface area contributed by atoms with E-state index in [-0.39, 0.29) is 11.6 Å². The fraction of sp³-hybridized carbons (Fsp3) is 0.545. The predicted octanol–water partition coefficient (Wildman–Crippen LogP) is 2.02. The summed E-state index contributed by atoms with van der Waals surface area (Å²) in [5.41, 5.74) is -0.0826. The van der Waals surface area contributed by atoms with Gasteiger partial charge in [0.05, 0.1) is 5.69 Å². The van der Waals surface area contributed by atoms with Crippen LogP contribution in [0.25, 0.3) is 0 Å². The molecule has 7 heteroatoms. The topological polar surface area (TPSA) is 104 Å². The van der Waals surface area contributed by atoms with E-state index >= 15 is 0 Å². The van der Waals surface area contributed by atoms with E-state index in [1.54, 1.807) is 20.8 Å². The molecule has 0 bridgehead atoms. The average Bonchev–Trinajstić information content (AvgIpc) is 2.57. The smallest absolute Gasteiger partial charge is 0.413 e. The van der Waals surface area contributed by atoms with Crippen LogP contribution >= 0.6 is 0 Å². The Morgan fingerprint density at radius 3 is 2.50 bits per heavy atom. The molecule has 1 aromatic heterocycles. The fourth-order valence-corrected chi connectivity index (χ4v) is 1.27. The SMILES string of the molecule is CCc1[nH]c(C(=O)O)nc1NC(=O)OC(C)(C)C. The molecule has 0 spiro atoms. The second-order valence-corrected chi connectivity index (χ2v) is 4.70. The normalized spacial score (nSPS) is 11.1. The second kappa shape index (κ2) is 5.07. The molecule has 100 valence electrons. The van der Waals surface area contributed by atoms with E-state index in [0.29, 0.717) is 12.1 Å². The Labute approximate surface area is 105 Å². The summed E-state index contributed by atoms with van der Waals surface area (Å²) in [5.74, 6) is -1.20. The molecule has 0 aliphatic heterocycles. The van der Waals surface area contributed by atoms with Crippen LogP contribution in [0.15, 0.2) is 0 Å². The van der Waals surface area contributed by atoms with Crippen LogP contribution in [0, 0.1) is 0 Å². The van der Waals surface area contributed by atoms with Gasteiger partial charge in [-0.05, 0) is 27.2 Å². The van der Waals surface area contributed by atoms with Gasteiger partial charge in [-0.2, -0.15) is 0 Å². The van der Waals surface area contributed by atoms with Crippen LogP contribution in [0.1, 0.15) is 44.0 Å². The Morgan fingerprint density at radius 2 is 2.06 bits per heavy atom. The summed E-state index contributed by atoms with van der Waals surface area (Å²) in [6, 6.07) is 0. The fourth-order valence-electron chi connectivity index (χ4n) is 1.27. The Bertz CT molecular complexity index is 459. The maximum Gasteiger partial charge on any atom is 0.413 e. The number of hydrogen-bond acceptors (Lipinski definition) is 4. The Balaban J connectivity index is 2.83. The minimum absolute atomic E-state index is 0.184. The molecule has 0 atom stereocenters. The minimum Gasteiger partial charge on any atom is -0.475 e. The van der Waals surface area contributed by atoms with Gasteiger partial charge in [0.2, 0.25) is 5.82 Å². The Hall–Kier alpha value is -2.05. The number of rotatable bonds is 3. The van der Waals surface area contributed by atoms with Crippen LogP contribution in [0.5, 0.6) is 0 Å². The standard InChI is InChI=1S/C11H17N3O4/c1-5-6-7(13-8(12-6)9(15)16)14-10(17)18-11(2,3)4/h5H2,1-4H3,(H,12,13)(H,14,17)(H,15,16). The van der Waals surface area contributed by atoms with Gasteiger partial charge in [-0.3, -0.25) is 5.32 Å². The van der Waals surface area contributed by atoms with Gasteiger partial charge in [0.15, 0.2) is 5.82 Å². The van der Waals surface area contributed by atoms with Crippen molar-refractivity contribution in [2.24, 2.45) is 0 Å². The summed E-state index contributed by atoms with van der Waals surface area (Å²) in [7, 11) is 0. The van der Waals surface area contributed by atoms with E-state index in [2.05, 4.69) is 15.3 Å². The van der Waals surface area contributed by atoms with Crippen molar-refractivity contribution in [1.82, 2.24) is 9.97 Å². The van der Waals surface area contributed by atoms with Gasteiger partial charge < -0.3 is 14.8 Å². The lowest BCUT2D eigenvalue weighted by molar-refractivity contribution is 0.0631. The first-order valence-electron chi connectivity index (χ1n) is 5.55. The summed E-state index contributed by atoms with van der Waals surface area (Å²) in [6.07, 6.45) is -0.147. The Kier molecular flexibility index (Phi) is 3.95. The maximum atomic E-state index is 11.5. The van der Waals surface area contributed by atoms with Crippen LogP contribution < -0.4 is 5.32 Å². The van der Waals surface area contributed by atoms with Crippen LogP contribution in [0.3, 0.4) is 0 Å². The highest BCUT2D eigenvalue weighted by molar-refractivity contribution is 5.88. The minimum atomic E-state index is -1.18. The second-order valence-electron chi connectivity index (χ2n) is 4.70. The first-order chi connectivity index (χ1) is 8.23. The summed E-state index contributed by atoms with van der Waals surface area (Å²) in [5, 5.41) is 11.2. The molecule has 1 amide bonds. The molecule has 0 aliphatic carbocycles. The zero-order valence-electron chi connectivity index (χ0n) is 10.8. The summed E-state index contributed by atoms with van der Waals surface area (Å²) < 4.78 is 5.06. The van der Waals surface area contributed by atoms with Crippen molar-refractivity contribution in [3.8, 4) is 0 Å². The van der Waals surface area contributed by atoms with Crippen molar-refractivity contribution in [3.63, 3.8) is 0 Å². The zero-order chi connectivity index (χ0) is 13.9. The number of imidazole rings is 1. The zero-order valence-corrected chi connectivity index (χ0v) is 10.8. The van der Waals surface area contributed by atoms with Crippen LogP contribution in [-0.4, -0.2) is 32.7 Å². The van der Waals surface area contributed by atoms with Gasteiger partial charge in [0.25, 0.3) is 0 Å². The van der Waals surface area contributed by atoms with Gasteiger partial charge in [-0.15, -0.1) is 0 Å². The molecule has 7 nitrogen and oxygen atoms in total. The van der Waals surface area contributed by atoms with Crippen LogP contribution in [0.4, 0.5) is 10.6 Å². The monoisotopic (exact) mass is 255 g/mol. The molecule has 0 saturated heterocycles. The lowest BCUT2D eigenvalue weighted by Crippen LogP contribution is -2.27. The molecule has 0 aliphatic rings. The number of aromatic nitrogens is 2. The third kappa shape index (κ3) is 3.76. The molecule has 0 radical (unpaired) electrons. The van der Waals surface area contributed by atoms with Crippen molar-refractivity contribution >= 4 is 17.9 Å². The Morgan fingerprint density at radius 1 is 1.44 bits per heavy atom.